The van der Waals surface area contributed by atoms with E-state index in [1.807, 2.05) is 6.20 Å². The molecule has 0 saturated carbocycles. The molecule has 0 fully saturated rings. The van der Waals surface area contributed by atoms with Crippen LogP contribution in [0.3, 0.4) is 0 Å². The number of ether oxygens (including phenoxy) is 1. The first-order valence-corrected chi connectivity index (χ1v) is 5.97. The number of aromatic amines is 1. The van der Waals surface area contributed by atoms with Gasteiger partial charge in [-0.25, -0.2) is 4.98 Å². The Morgan fingerprint density at radius 3 is 2.56 bits per heavy atom. The third-order valence-electron chi connectivity index (χ3n) is 3.34. The SMILES string of the molecule is COc1c(C)cc(-c2cnc(CN)[nH]2)c(C)c1C. The summed E-state index contributed by atoms with van der Waals surface area (Å²) in [5.74, 6) is 1.75. The van der Waals surface area contributed by atoms with Gasteiger partial charge in [0.2, 0.25) is 0 Å². The number of nitrogens with two attached hydrogens (primary N) is 1. The van der Waals surface area contributed by atoms with Crippen LogP contribution in [0.4, 0.5) is 0 Å². The molecule has 4 nitrogen and oxygen atoms in total. The summed E-state index contributed by atoms with van der Waals surface area (Å²) < 4.78 is 5.43. The van der Waals surface area contributed by atoms with E-state index in [0.29, 0.717) is 6.54 Å². The maximum atomic E-state index is 5.57. The summed E-state index contributed by atoms with van der Waals surface area (Å²) in [6.07, 6.45) is 1.83. The molecule has 2 aromatic rings. The second-order valence-corrected chi connectivity index (χ2v) is 4.47. The highest BCUT2D eigenvalue weighted by atomic mass is 16.5. The number of methoxy groups -OCH3 is 1. The van der Waals surface area contributed by atoms with Gasteiger partial charge in [0.05, 0.1) is 25.5 Å². The lowest BCUT2D eigenvalue weighted by Gasteiger charge is -2.14. The molecule has 0 aliphatic rings. The van der Waals surface area contributed by atoms with Crippen molar-refractivity contribution in [3.8, 4) is 17.0 Å². The van der Waals surface area contributed by atoms with E-state index in [0.717, 1.165) is 34.0 Å². The summed E-state index contributed by atoms with van der Waals surface area (Å²) in [7, 11) is 1.71. The second kappa shape index (κ2) is 4.82. The first kappa shape index (κ1) is 12.6. The fourth-order valence-electron chi connectivity index (χ4n) is 2.26. The van der Waals surface area contributed by atoms with Crippen molar-refractivity contribution in [2.45, 2.75) is 27.3 Å². The van der Waals surface area contributed by atoms with Crippen molar-refractivity contribution in [1.82, 2.24) is 9.97 Å². The van der Waals surface area contributed by atoms with E-state index in [-0.39, 0.29) is 0 Å². The number of hydrogen-bond acceptors (Lipinski definition) is 3. The molecule has 0 spiro atoms. The average Bonchev–Trinajstić information content (AvgIpc) is 2.83. The molecule has 0 radical (unpaired) electrons. The number of nitrogens with one attached hydrogen (secondary N) is 1. The van der Waals surface area contributed by atoms with Crippen molar-refractivity contribution >= 4 is 0 Å². The Labute approximate surface area is 107 Å². The van der Waals surface area contributed by atoms with Crippen LogP contribution in [0, 0.1) is 20.8 Å². The van der Waals surface area contributed by atoms with E-state index >= 15 is 0 Å². The molecule has 0 amide bonds. The first-order valence-electron chi connectivity index (χ1n) is 5.97. The number of aryl methyl sites for hydroxylation is 1. The molecule has 4 heteroatoms. The topological polar surface area (TPSA) is 63.9 Å². The lowest BCUT2D eigenvalue weighted by Crippen LogP contribution is -1.99. The largest absolute Gasteiger partial charge is 0.496 e. The minimum atomic E-state index is 0.424. The van der Waals surface area contributed by atoms with Crippen LogP contribution in [0.1, 0.15) is 22.5 Å². The number of benzene rings is 1. The lowest BCUT2D eigenvalue weighted by molar-refractivity contribution is 0.408. The number of nitrogens with zero attached hydrogens (tertiary/aromatic N) is 1. The monoisotopic (exact) mass is 245 g/mol. The van der Waals surface area contributed by atoms with E-state index in [1.165, 1.54) is 5.56 Å². The van der Waals surface area contributed by atoms with Crippen molar-refractivity contribution in [2.24, 2.45) is 5.73 Å². The van der Waals surface area contributed by atoms with Gasteiger partial charge in [0.25, 0.3) is 0 Å². The van der Waals surface area contributed by atoms with Gasteiger partial charge in [0, 0.05) is 5.56 Å². The Kier molecular flexibility index (Phi) is 3.39. The highest BCUT2D eigenvalue weighted by molar-refractivity contribution is 5.68. The van der Waals surface area contributed by atoms with Gasteiger partial charge in [0.1, 0.15) is 11.6 Å². The summed E-state index contributed by atoms with van der Waals surface area (Å²) in [5, 5.41) is 0. The van der Waals surface area contributed by atoms with Crippen molar-refractivity contribution in [3.05, 3.63) is 34.8 Å². The Balaban J connectivity index is 2.58. The summed E-state index contributed by atoms with van der Waals surface area (Å²) in [4.78, 5) is 7.48. The van der Waals surface area contributed by atoms with Gasteiger partial charge in [-0.1, -0.05) is 0 Å². The third kappa shape index (κ3) is 1.99. The van der Waals surface area contributed by atoms with Gasteiger partial charge >= 0.3 is 0 Å². The molecular weight excluding hydrogens is 226 g/mol. The Bertz CT molecular complexity index is 573. The predicted octanol–water partition coefficient (Wildman–Crippen LogP) is 2.47. The van der Waals surface area contributed by atoms with Crippen LogP contribution in [0.15, 0.2) is 12.3 Å². The van der Waals surface area contributed by atoms with Crippen LogP contribution >= 0.6 is 0 Å². The molecule has 1 aromatic carbocycles. The van der Waals surface area contributed by atoms with Gasteiger partial charge in [-0.15, -0.1) is 0 Å². The van der Waals surface area contributed by atoms with Gasteiger partial charge in [-0.3, -0.25) is 0 Å². The van der Waals surface area contributed by atoms with Crippen molar-refractivity contribution in [3.63, 3.8) is 0 Å². The maximum absolute atomic E-state index is 5.57. The summed E-state index contributed by atoms with van der Waals surface area (Å²) >= 11 is 0. The molecule has 96 valence electrons. The molecule has 0 bridgehead atoms. The quantitative estimate of drug-likeness (QED) is 0.873. The van der Waals surface area contributed by atoms with E-state index in [9.17, 15) is 0 Å². The molecule has 0 aliphatic heterocycles. The average molecular weight is 245 g/mol. The summed E-state index contributed by atoms with van der Waals surface area (Å²) in [6.45, 7) is 6.64. The molecule has 2 rings (SSSR count). The third-order valence-corrected chi connectivity index (χ3v) is 3.34. The molecular formula is C14H19N3O. The van der Waals surface area contributed by atoms with E-state index < -0.39 is 0 Å². The van der Waals surface area contributed by atoms with E-state index in [4.69, 9.17) is 10.5 Å². The van der Waals surface area contributed by atoms with Gasteiger partial charge in [-0.2, -0.15) is 0 Å². The van der Waals surface area contributed by atoms with E-state index in [2.05, 4.69) is 36.8 Å². The predicted molar refractivity (Wildman–Crippen MR) is 72.7 cm³/mol. The minimum absolute atomic E-state index is 0.424. The molecule has 1 aromatic heterocycles. The molecule has 0 atom stereocenters. The number of imidazole rings is 1. The van der Waals surface area contributed by atoms with Crippen molar-refractivity contribution < 1.29 is 4.74 Å². The molecule has 0 unspecified atom stereocenters. The Hall–Kier alpha value is -1.81. The van der Waals surface area contributed by atoms with Crippen LogP contribution in [0.25, 0.3) is 11.3 Å². The number of aromatic nitrogens is 2. The fourth-order valence-corrected chi connectivity index (χ4v) is 2.26. The highest BCUT2D eigenvalue weighted by Gasteiger charge is 2.13. The van der Waals surface area contributed by atoms with E-state index in [1.54, 1.807) is 7.11 Å². The maximum Gasteiger partial charge on any atom is 0.124 e. The number of hydrogen-bond donors (Lipinski definition) is 2. The molecule has 18 heavy (non-hydrogen) atoms. The Morgan fingerprint density at radius 2 is 2.00 bits per heavy atom. The van der Waals surface area contributed by atoms with Crippen LogP contribution in [0.5, 0.6) is 5.75 Å². The lowest BCUT2D eigenvalue weighted by atomic mass is 9.97. The van der Waals surface area contributed by atoms with Crippen molar-refractivity contribution in [1.29, 1.82) is 0 Å². The van der Waals surface area contributed by atoms with Crippen LogP contribution in [-0.4, -0.2) is 17.1 Å². The van der Waals surface area contributed by atoms with Gasteiger partial charge in [0.15, 0.2) is 0 Å². The second-order valence-electron chi connectivity index (χ2n) is 4.47. The highest BCUT2D eigenvalue weighted by Crippen LogP contribution is 2.33. The summed E-state index contributed by atoms with van der Waals surface area (Å²) in [6, 6.07) is 2.12. The molecule has 1 heterocycles. The van der Waals surface area contributed by atoms with Crippen LogP contribution in [-0.2, 0) is 6.54 Å². The zero-order valence-corrected chi connectivity index (χ0v) is 11.3. The minimum Gasteiger partial charge on any atom is -0.496 e. The van der Waals surface area contributed by atoms with Gasteiger partial charge in [-0.05, 0) is 43.5 Å². The molecule has 0 aliphatic carbocycles. The molecule has 0 saturated heterocycles. The van der Waals surface area contributed by atoms with Crippen molar-refractivity contribution in [2.75, 3.05) is 7.11 Å². The summed E-state index contributed by atoms with van der Waals surface area (Å²) in [5.41, 5.74) is 11.2. The standard InChI is InChI=1S/C14H19N3O/c1-8-5-11(9(2)10(3)14(8)18-4)12-7-16-13(6-15)17-12/h5,7H,6,15H2,1-4H3,(H,16,17). The Morgan fingerprint density at radius 1 is 1.28 bits per heavy atom. The zero-order chi connectivity index (χ0) is 13.3. The number of rotatable bonds is 3. The number of H-pyrrole nitrogens is 1. The van der Waals surface area contributed by atoms with Crippen LogP contribution in [0.2, 0.25) is 0 Å². The first-order chi connectivity index (χ1) is 8.58. The molecule has 3 N–H and O–H groups in total. The zero-order valence-electron chi connectivity index (χ0n) is 11.3. The van der Waals surface area contributed by atoms with Crippen LogP contribution < -0.4 is 10.5 Å². The smallest absolute Gasteiger partial charge is 0.124 e. The van der Waals surface area contributed by atoms with Gasteiger partial charge < -0.3 is 15.5 Å². The normalized spacial score (nSPS) is 10.7. The fraction of sp³-hybridized carbons (Fsp3) is 0.357.